The molecule has 0 radical (unpaired) electrons. The number of piperazine rings is 1. The molecule has 150 valence electrons. The van der Waals surface area contributed by atoms with Gasteiger partial charge in [-0.25, -0.2) is 0 Å². The molecular weight excluding hydrogens is 392 g/mol. The first-order valence-electron chi connectivity index (χ1n) is 10.1. The molecule has 0 spiro atoms. The average Bonchev–Trinajstić information content (AvgIpc) is 3.33. The van der Waals surface area contributed by atoms with Crippen molar-refractivity contribution >= 4 is 33.8 Å². The minimum Gasteiger partial charge on any atom is -0.351 e. The summed E-state index contributed by atoms with van der Waals surface area (Å²) in [7, 11) is 0. The summed E-state index contributed by atoms with van der Waals surface area (Å²) in [4.78, 5) is 17.8. The second-order valence-corrected chi connectivity index (χ2v) is 8.50. The van der Waals surface area contributed by atoms with Crippen LogP contribution in [-0.2, 0) is 0 Å². The lowest BCUT2D eigenvalue weighted by atomic mass is 10.0. The highest BCUT2D eigenvalue weighted by Crippen LogP contribution is 2.32. The Bertz CT molecular complexity index is 1180. The highest BCUT2D eigenvalue weighted by Gasteiger charge is 2.30. The summed E-state index contributed by atoms with van der Waals surface area (Å²) in [5, 5.41) is 13.4. The SMILES string of the molecule is CC1CN(c2nnc(-c3ccccc3)c3ccccc23)CCN1C(=O)c1cccs1. The van der Waals surface area contributed by atoms with Gasteiger partial charge in [-0.2, -0.15) is 0 Å². The first-order valence-corrected chi connectivity index (χ1v) is 11.0. The van der Waals surface area contributed by atoms with Crippen LogP contribution in [0, 0.1) is 0 Å². The number of carbonyl (C=O) groups excluding carboxylic acids is 1. The molecule has 1 atom stereocenters. The van der Waals surface area contributed by atoms with Crippen molar-refractivity contribution in [3.8, 4) is 11.3 Å². The summed E-state index contributed by atoms with van der Waals surface area (Å²) in [6, 6.07) is 22.4. The van der Waals surface area contributed by atoms with Crippen LogP contribution in [-0.4, -0.2) is 46.7 Å². The summed E-state index contributed by atoms with van der Waals surface area (Å²) >= 11 is 1.50. The molecule has 0 saturated carbocycles. The van der Waals surface area contributed by atoms with Crippen LogP contribution in [0.3, 0.4) is 0 Å². The van der Waals surface area contributed by atoms with Crippen LogP contribution >= 0.6 is 11.3 Å². The lowest BCUT2D eigenvalue weighted by Crippen LogP contribution is -2.54. The van der Waals surface area contributed by atoms with E-state index in [9.17, 15) is 4.79 Å². The molecule has 3 heterocycles. The predicted octanol–water partition coefficient (Wildman–Crippen LogP) is 4.71. The third kappa shape index (κ3) is 3.33. The average molecular weight is 415 g/mol. The minimum absolute atomic E-state index is 0.0997. The van der Waals surface area contributed by atoms with E-state index in [1.807, 2.05) is 52.7 Å². The van der Waals surface area contributed by atoms with E-state index >= 15 is 0 Å². The summed E-state index contributed by atoms with van der Waals surface area (Å²) in [6.45, 7) is 4.26. The van der Waals surface area contributed by atoms with E-state index < -0.39 is 0 Å². The molecule has 0 aliphatic carbocycles. The van der Waals surface area contributed by atoms with Gasteiger partial charge in [0.1, 0.15) is 5.69 Å². The number of nitrogens with zero attached hydrogens (tertiary/aromatic N) is 4. The molecule has 6 heteroatoms. The van der Waals surface area contributed by atoms with Crippen molar-refractivity contribution in [2.24, 2.45) is 0 Å². The van der Waals surface area contributed by atoms with E-state index in [1.165, 1.54) is 11.3 Å². The number of hydrogen-bond acceptors (Lipinski definition) is 5. The molecule has 30 heavy (non-hydrogen) atoms. The van der Waals surface area contributed by atoms with Crippen LogP contribution in [0.15, 0.2) is 72.1 Å². The fourth-order valence-electron chi connectivity index (χ4n) is 4.13. The number of benzene rings is 2. The van der Waals surface area contributed by atoms with Gasteiger partial charge in [-0.05, 0) is 18.4 Å². The van der Waals surface area contributed by atoms with E-state index in [4.69, 9.17) is 0 Å². The number of aromatic nitrogens is 2. The normalized spacial score (nSPS) is 16.8. The predicted molar refractivity (Wildman–Crippen MR) is 122 cm³/mol. The highest BCUT2D eigenvalue weighted by molar-refractivity contribution is 7.12. The fraction of sp³-hybridized carbons (Fsp3) is 0.208. The van der Waals surface area contributed by atoms with E-state index in [0.717, 1.165) is 45.8 Å². The Morgan fingerprint density at radius 3 is 2.43 bits per heavy atom. The number of fused-ring (bicyclic) bond motifs is 1. The molecule has 0 bridgehead atoms. The van der Waals surface area contributed by atoms with Crippen LogP contribution < -0.4 is 4.90 Å². The molecule has 1 unspecified atom stereocenters. The molecule has 0 N–H and O–H groups in total. The molecule has 5 rings (SSSR count). The maximum Gasteiger partial charge on any atom is 0.264 e. The van der Waals surface area contributed by atoms with Crippen molar-refractivity contribution in [1.29, 1.82) is 0 Å². The Morgan fingerprint density at radius 1 is 0.933 bits per heavy atom. The largest absolute Gasteiger partial charge is 0.351 e. The number of hydrogen-bond donors (Lipinski definition) is 0. The topological polar surface area (TPSA) is 49.3 Å². The monoisotopic (exact) mass is 414 g/mol. The van der Waals surface area contributed by atoms with Crippen LogP contribution in [0.4, 0.5) is 5.82 Å². The summed E-state index contributed by atoms with van der Waals surface area (Å²) in [5.41, 5.74) is 1.96. The number of amides is 1. The van der Waals surface area contributed by atoms with Gasteiger partial charge in [0.2, 0.25) is 0 Å². The third-order valence-corrected chi connectivity index (χ3v) is 6.49. The molecule has 1 amide bonds. The van der Waals surface area contributed by atoms with Crippen molar-refractivity contribution < 1.29 is 4.79 Å². The number of rotatable bonds is 3. The van der Waals surface area contributed by atoms with Crippen LogP contribution in [0.25, 0.3) is 22.0 Å². The molecule has 4 aromatic rings. The zero-order valence-electron chi connectivity index (χ0n) is 16.7. The maximum absolute atomic E-state index is 12.8. The Hall–Kier alpha value is -3.25. The fourth-order valence-corrected chi connectivity index (χ4v) is 4.80. The Balaban J connectivity index is 1.46. The summed E-state index contributed by atoms with van der Waals surface area (Å²) in [5.74, 6) is 1.01. The highest BCUT2D eigenvalue weighted by atomic mass is 32.1. The molecule has 1 aliphatic heterocycles. The molecule has 1 fully saturated rings. The second kappa shape index (κ2) is 7.88. The van der Waals surface area contributed by atoms with Gasteiger partial charge in [-0.15, -0.1) is 21.5 Å². The van der Waals surface area contributed by atoms with Gasteiger partial charge in [0.25, 0.3) is 5.91 Å². The Labute approximate surface area is 179 Å². The molecular formula is C24H22N4OS. The lowest BCUT2D eigenvalue weighted by molar-refractivity contribution is 0.0679. The molecule has 2 aromatic heterocycles. The van der Waals surface area contributed by atoms with Gasteiger partial charge < -0.3 is 9.80 Å². The van der Waals surface area contributed by atoms with Gasteiger partial charge in [-0.1, -0.05) is 60.7 Å². The Kier molecular flexibility index (Phi) is 4.93. The molecule has 5 nitrogen and oxygen atoms in total. The van der Waals surface area contributed by atoms with Crippen molar-refractivity contribution in [1.82, 2.24) is 15.1 Å². The maximum atomic E-state index is 12.8. The standard InChI is InChI=1S/C24H22N4OS/c1-17-16-27(13-14-28(17)24(29)21-12-7-15-30-21)23-20-11-6-5-10-19(20)22(25-26-23)18-8-3-2-4-9-18/h2-12,15,17H,13-14,16H2,1H3. The van der Waals surface area contributed by atoms with E-state index in [2.05, 4.69) is 46.3 Å². The first kappa shape index (κ1) is 18.8. The number of anilines is 1. The molecule has 2 aromatic carbocycles. The Morgan fingerprint density at radius 2 is 1.70 bits per heavy atom. The van der Waals surface area contributed by atoms with Crippen LogP contribution in [0.1, 0.15) is 16.6 Å². The van der Waals surface area contributed by atoms with Crippen LogP contribution in [0.5, 0.6) is 0 Å². The number of carbonyl (C=O) groups is 1. The van der Waals surface area contributed by atoms with E-state index in [0.29, 0.717) is 6.54 Å². The van der Waals surface area contributed by atoms with E-state index in [1.54, 1.807) is 0 Å². The quantitative estimate of drug-likeness (QED) is 0.487. The zero-order valence-corrected chi connectivity index (χ0v) is 17.5. The second-order valence-electron chi connectivity index (χ2n) is 7.55. The third-order valence-electron chi connectivity index (χ3n) is 5.63. The van der Waals surface area contributed by atoms with Gasteiger partial charge >= 0.3 is 0 Å². The van der Waals surface area contributed by atoms with E-state index in [-0.39, 0.29) is 11.9 Å². The van der Waals surface area contributed by atoms with Gasteiger partial charge in [-0.3, -0.25) is 4.79 Å². The van der Waals surface area contributed by atoms with Gasteiger partial charge in [0.15, 0.2) is 5.82 Å². The van der Waals surface area contributed by atoms with Gasteiger partial charge in [0.05, 0.1) is 4.88 Å². The molecule has 1 aliphatic rings. The van der Waals surface area contributed by atoms with Crippen molar-refractivity contribution in [3.05, 3.63) is 77.0 Å². The zero-order chi connectivity index (χ0) is 20.5. The van der Waals surface area contributed by atoms with Crippen LogP contribution in [0.2, 0.25) is 0 Å². The first-order chi connectivity index (χ1) is 14.7. The van der Waals surface area contributed by atoms with Crippen molar-refractivity contribution in [3.63, 3.8) is 0 Å². The molecule has 1 saturated heterocycles. The lowest BCUT2D eigenvalue weighted by Gasteiger charge is -2.40. The summed E-state index contributed by atoms with van der Waals surface area (Å²) in [6.07, 6.45) is 0. The van der Waals surface area contributed by atoms with Crippen molar-refractivity contribution in [2.75, 3.05) is 24.5 Å². The van der Waals surface area contributed by atoms with Gasteiger partial charge in [0, 0.05) is 42.0 Å². The van der Waals surface area contributed by atoms with Crippen molar-refractivity contribution in [2.45, 2.75) is 13.0 Å². The minimum atomic E-state index is 0.0997. The number of thiophene rings is 1. The smallest absolute Gasteiger partial charge is 0.264 e. The summed E-state index contributed by atoms with van der Waals surface area (Å²) < 4.78 is 0.